The van der Waals surface area contributed by atoms with Crippen LogP contribution in [-0.2, 0) is 28.0 Å². The average Bonchev–Trinajstić information content (AvgIpc) is 3.23. The average molecular weight is 878 g/mol. The van der Waals surface area contributed by atoms with E-state index < -0.39 is 24.2 Å². The molecule has 1 fully saturated rings. The van der Waals surface area contributed by atoms with Crippen LogP contribution in [0, 0.1) is 23.2 Å². The van der Waals surface area contributed by atoms with Crippen LogP contribution < -0.4 is 24.2 Å². The molecule has 5 rings (SSSR count). The van der Waals surface area contributed by atoms with Crippen LogP contribution in [0.4, 0.5) is 14.7 Å². The second-order valence-corrected chi connectivity index (χ2v) is 16.3. The Kier molecular flexibility index (Phi) is 17.9. The number of anilines is 1. The topological polar surface area (TPSA) is 153 Å². The zero-order valence-electron chi connectivity index (χ0n) is 35.7. The molecule has 2 N–H and O–H groups in total. The molecule has 3 aromatic carbocycles. The molecule has 2 heterocycles. The lowest BCUT2D eigenvalue weighted by molar-refractivity contribution is -0.137. The summed E-state index contributed by atoms with van der Waals surface area (Å²) in [5, 5.41) is 12.4. The fourth-order valence-corrected chi connectivity index (χ4v) is 7.31. The predicted molar refractivity (Wildman–Crippen MR) is 235 cm³/mol. The highest BCUT2D eigenvalue weighted by Gasteiger charge is 2.31. The van der Waals surface area contributed by atoms with Gasteiger partial charge in [0.2, 0.25) is 17.8 Å². The van der Waals surface area contributed by atoms with Crippen LogP contribution in [0.3, 0.4) is 0 Å². The van der Waals surface area contributed by atoms with Crippen molar-refractivity contribution in [2.45, 2.75) is 98.0 Å². The van der Waals surface area contributed by atoms with Crippen molar-refractivity contribution in [2.24, 2.45) is 11.8 Å². The Morgan fingerprint density at radius 2 is 1.75 bits per heavy atom. The summed E-state index contributed by atoms with van der Waals surface area (Å²) in [5.74, 6) is -1.53. The molecule has 1 aliphatic heterocycles. The Labute approximate surface area is 366 Å². The molecule has 2 unspecified atom stereocenters. The van der Waals surface area contributed by atoms with Gasteiger partial charge in [0.25, 0.3) is 5.92 Å². The molecule has 1 saturated heterocycles. The molecule has 11 nitrogen and oxygen atoms in total. The maximum absolute atomic E-state index is 14.8. The van der Waals surface area contributed by atoms with Gasteiger partial charge in [-0.15, -0.1) is 0 Å². The largest absolute Gasteiger partial charge is 0.493 e. The number of ether oxygens (including phenoxy) is 3. The van der Waals surface area contributed by atoms with E-state index in [9.17, 15) is 28.4 Å². The van der Waals surface area contributed by atoms with Gasteiger partial charge in [0.15, 0.2) is 11.5 Å². The maximum Gasteiger partial charge on any atom is 0.254 e. The Hall–Kier alpha value is -5.26. The number of carbonyl (C=O) groups is 3. The van der Waals surface area contributed by atoms with E-state index in [-0.39, 0.29) is 59.7 Å². The van der Waals surface area contributed by atoms with Gasteiger partial charge >= 0.3 is 0 Å². The quantitative estimate of drug-likeness (QED) is 0.0526. The van der Waals surface area contributed by atoms with Crippen molar-refractivity contribution < 1.29 is 37.4 Å². The number of nitrogens with one attached hydrogen (secondary N) is 2. The monoisotopic (exact) mass is 877 g/mol. The number of halogens is 3. The number of imide groups is 1. The smallest absolute Gasteiger partial charge is 0.254 e. The van der Waals surface area contributed by atoms with Gasteiger partial charge in [0.05, 0.1) is 35.1 Å². The van der Waals surface area contributed by atoms with E-state index in [4.69, 9.17) is 25.8 Å². The van der Waals surface area contributed by atoms with Crippen LogP contribution in [0.15, 0.2) is 66.9 Å². The van der Waals surface area contributed by atoms with Crippen molar-refractivity contribution in [3.05, 3.63) is 105 Å². The number of hydrogen-bond acceptors (Lipinski definition) is 11. The van der Waals surface area contributed by atoms with Crippen molar-refractivity contribution in [1.29, 1.82) is 5.26 Å². The number of ketones is 1. The number of aryl methyl sites for hydroxylation is 1. The molecule has 1 aromatic heterocycles. The van der Waals surface area contributed by atoms with Crippen LogP contribution in [0.1, 0.15) is 112 Å². The Bertz CT molecular complexity index is 2180. The highest BCUT2D eigenvalue weighted by atomic mass is 35.5. The highest BCUT2D eigenvalue weighted by Crippen LogP contribution is 2.39. The van der Waals surface area contributed by atoms with Gasteiger partial charge in [-0.1, -0.05) is 88.9 Å². The van der Waals surface area contributed by atoms with E-state index in [0.29, 0.717) is 41.8 Å². The maximum atomic E-state index is 14.8. The molecule has 15 heteroatoms. The lowest BCUT2D eigenvalue weighted by Gasteiger charge is -2.27. The molecule has 0 saturated carbocycles. The first kappa shape index (κ1) is 48.4. The van der Waals surface area contributed by atoms with Crippen LogP contribution in [0.25, 0.3) is 0 Å². The summed E-state index contributed by atoms with van der Waals surface area (Å²) in [6, 6.07) is 20.0. The molecule has 2 amide bonds. The van der Waals surface area contributed by atoms with E-state index in [2.05, 4.69) is 39.9 Å². The second-order valence-electron chi connectivity index (χ2n) is 15.3. The Balaban J connectivity index is 0.000000586. The normalized spacial score (nSPS) is 14.5. The van der Waals surface area contributed by atoms with Crippen molar-refractivity contribution in [3.63, 3.8) is 0 Å². The van der Waals surface area contributed by atoms with Gasteiger partial charge in [-0.2, -0.15) is 5.26 Å². The zero-order chi connectivity index (χ0) is 44.7. The van der Waals surface area contributed by atoms with Crippen molar-refractivity contribution >= 4 is 47.1 Å². The van der Waals surface area contributed by atoms with Crippen LogP contribution >= 0.6 is 23.5 Å². The van der Waals surface area contributed by atoms with Crippen molar-refractivity contribution in [2.75, 3.05) is 24.2 Å². The number of benzene rings is 3. The van der Waals surface area contributed by atoms with E-state index in [1.165, 1.54) is 18.9 Å². The molecule has 326 valence electrons. The molecular weight excluding hydrogens is 824 g/mol. The first-order chi connectivity index (χ1) is 29.0. The highest BCUT2D eigenvalue weighted by molar-refractivity contribution is 7.99. The van der Waals surface area contributed by atoms with Crippen molar-refractivity contribution in [3.8, 4) is 23.3 Å². The van der Waals surface area contributed by atoms with E-state index in [1.54, 1.807) is 36.5 Å². The molecule has 0 spiro atoms. The molecule has 0 radical (unpaired) electrons. The van der Waals surface area contributed by atoms with Crippen LogP contribution in [0.5, 0.6) is 17.2 Å². The minimum absolute atomic E-state index is 0.0488. The van der Waals surface area contributed by atoms with Gasteiger partial charge in [-0.05, 0) is 78.8 Å². The standard InChI is InChI=1S/C37H39ClF2N4O4S.C9H15NO2/c1-6-25-8-7-9-32(33(25)24(2)45)46-18-15-37(39,40)16-19-47-34-26(22-41)20-28(21-31(34)38)36(3,4)27-10-12-30(13-11-27)48-23-29-14-17-42-35(43-29)44-49-5;1-3-6(2)7-4-5-8(11)10-9(7)12/h7-14,17,20-21H,6,15-16,18-19,23H2,1-5H3,(H,42,43,44);6-7H,3-5H2,1-2H3,(H,10,11,12). The van der Waals surface area contributed by atoms with Crippen LogP contribution in [-0.4, -0.2) is 53.0 Å². The van der Waals surface area contributed by atoms with Gasteiger partial charge < -0.3 is 14.2 Å². The lowest BCUT2D eigenvalue weighted by atomic mass is 9.77. The van der Waals surface area contributed by atoms with E-state index >= 15 is 0 Å². The SMILES string of the molecule is CCC(C)C1CCC(=O)NC1=O.CCc1cccc(OCCC(F)(F)CCOc2c(Cl)cc(C(C)(C)c3ccc(OCc4ccnc(NSC)n4)cc3)cc2C#N)c1C(C)=O. The Morgan fingerprint density at radius 3 is 2.38 bits per heavy atom. The number of alkyl halides is 2. The fraction of sp³-hybridized carbons (Fsp3) is 0.435. The second kappa shape index (κ2) is 22.5. The number of nitriles is 1. The summed E-state index contributed by atoms with van der Waals surface area (Å²) in [7, 11) is 0. The molecule has 0 aliphatic carbocycles. The molecule has 61 heavy (non-hydrogen) atoms. The first-order valence-electron chi connectivity index (χ1n) is 20.2. The van der Waals surface area contributed by atoms with Crippen molar-refractivity contribution in [1.82, 2.24) is 15.3 Å². The number of hydrogen-bond donors (Lipinski definition) is 2. The summed E-state index contributed by atoms with van der Waals surface area (Å²) in [6.07, 6.45) is 5.21. The predicted octanol–water partition coefficient (Wildman–Crippen LogP) is 10.3. The number of rotatable bonds is 19. The van der Waals surface area contributed by atoms with Gasteiger partial charge in [0.1, 0.15) is 24.2 Å². The molecule has 2 atom stereocenters. The molecule has 1 aliphatic rings. The minimum atomic E-state index is -3.11. The number of piperidine rings is 1. The zero-order valence-corrected chi connectivity index (χ0v) is 37.3. The Morgan fingerprint density at radius 1 is 1.05 bits per heavy atom. The number of aromatic nitrogens is 2. The van der Waals surface area contributed by atoms with Gasteiger partial charge in [-0.25, -0.2) is 18.7 Å². The van der Waals surface area contributed by atoms with E-state index in [1.807, 2.05) is 57.4 Å². The first-order valence-corrected chi connectivity index (χ1v) is 21.8. The third kappa shape index (κ3) is 13.6. The van der Waals surface area contributed by atoms with Gasteiger partial charge in [0, 0.05) is 43.0 Å². The summed E-state index contributed by atoms with van der Waals surface area (Å²) in [5.41, 5.74) is 3.23. The third-order valence-electron chi connectivity index (χ3n) is 10.7. The number of Topliss-reactive ketones (excluding diaryl/α,β-unsaturated/α-hetero) is 1. The summed E-state index contributed by atoms with van der Waals surface area (Å²) in [4.78, 5) is 42.7. The third-order valence-corrected chi connectivity index (χ3v) is 11.3. The minimum Gasteiger partial charge on any atom is -0.493 e. The fourth-order valence-electron chi connectivity index (χ4n) is 6.76. The summed E-state index contributed by atoms with van der Waals surface area (Å²) < 4.78 is 49.8. The molecule has 0 bridgehead atoms. The van der Waals surface area contributed by atoms with E-state index in [0.717, 1.165) is 35.2 Å². The summed E-state index contributed by atoms with van der Waals surface area (Å²) >= 11 is 7.99. The molecule has 4 aromatic rings. The lowest BCUT2D eigenvalue weighted by Crippen LogP contribution is -2.42. The molecular formula is C46H54ClF2N5O6S. The number of nitrogens with zero attached hydrogens (tertiary/aromatic N) is 3. The number of amides is 2. The van der Waals surface area contributed by atoms with Gasteiger partial charge in [-0.3, -0.25) is 24.4 Å². The summed E-state index contributed by atoms with van der Waals surface area (Å²) in [6.45, 7) is 11.1. The van der Waals surface area contributed by atoms with Crippen LogP contribution in [0.2, 0.25) is 5.02 Å². The number of carbonyl (C=O) groups excluding carboxylic acids is 3.